The molecule has 1 atom stereocenters. The molecular formula is C20H21N3S. The molecule has 1 unspecified atom stereocenters. The van der Waals surface area contributed by atoms with E-state index in [1.807, 2.05) is 35.2 Å². The third-order valence-electron chi connectivity index (χ3n) is 3.82. The summed E-state index contributed by atoms with van der Waals surface area (Å²) in [5.41, 5.74) is 3.57. The molecule has 0 aliphatic rings. The van der Waals surface area contributed by atoms with E-state index in [-0.39, 0.29) is 5.92 Å². The molecule has 3 nitrogen and oxygen atoms in total. The van der Waals surface area contributed by atoms with Crippen LogP contribution in [-0.4, -0.2) is 10.9 Å². The van der Waals surface area contributed by atoms with Gasteiger partial charge >= 0.3 is 0 Å². The topological polar surface area (TPSA) is 29.6 Å². The molecule has 1 heterocycles. The van der Waals surface area contributed by atoms with Crippen LogP contribution >= 0.6 is 11.3 Å². The molecular weight excluding hydrogens is 314 g/mol. The van der Waals surface area contributed by atoms with Crippen molar-refractivity contribution >= 4 is 17.6 Å². The summed E-state index contributed by atoms with van der Waals surface area (Å²) in [5, 5.41) is 6.75. The normalized spacial score (nSPS) is 13.5. The lowest BCUT2D eigenvalue weighted by molar-refractivity contribution is 0.780. The van der Waals surface area contributed by atoms with E-state index in [0.29, 0.717) is 6.54 Å². The minimum Gasteiger partial charge on any atom is -0.253 e. The molecule has 0 radical (unpaired) electrons. The van der Waals surface area contributed by atoms with Crippen LogP contribution in [0.4, 0.5) is 0 Å². The van der Waals surface area contributed by atoms with Crippen LogP contribution in [0.1, 0.15) is 29.7 Å². The molecule has 2 aromatic carbocycles. The van der Waals surface area contributed by atoms with Crippen molar-refractivity contribution in [1.29, 1.82) is 0 Å². The summed E-state index contributed by atoms with van der Waals surface area (Å²) in [6, 6.07) is 20.7. The minimum atomic E-state index is 0.264. The van der Waals surface area contributed by atoms with Gasteiger partial charge in [-0.1, -0.05) is 67.6 Å². The van der Waals surface area contributed by atoms with Crippen molar-refractivity contribution in [2.75, 3.05) is 0 Å². The predicted molar refractivity (Wildman–Crippen MR) is 102 cm³/mol. The highest BCUT2D eigenvalue weighted by Crippen LogP contribution is 2.12. The highest BCUT2D eigenvalue weighted by atomic mass is 32.1. The van der Waals surface area contributed by atoms with E-state index in [9.17, 15) is 0 Å². The smallest absolute Gasteiger partial charge is 0.206 e. The van der Waals surface area contributed by atoms with Crippen molar-refractivity contribution in [2.24, 2.45) is 10.1 Å². The molecule has 0 saturated heterocycles. The van der Waals surface area contributed by atoms with E-state index in [2.05, 4.69) is 60.7 Å². The first-order chi connectivity index (χ1) is 11.7. The third kappa shape index (κ3) is 4.09. The Balaban J connectivity index is 1.81. The fourth-order valence-corrected chi connectivity index (χ4v) is 3.19. The molecule has 4 heteroatoms. The van der Waals surface area contributed by atoms with Crippen LogP contribution < -0.4 is 4.80 Å². The van der Waals surface area contributed by atoms with Gasteiger partial charge in [-0.05, 0) is 18.1 Å². The largest absolute Gasteiger partial charge is 0.253 e. The van der Waals surface area contributed by atoms with E-state index in [4.69, 9.17) is 4.99 Å². The summed E-state index contributed by atoms with van der Waals surface area (Å²) < 4.78 is 1.92. The van der Waals surface area contributed by atoms with Crippen molar-refractivity contribution in [1.82, 2.24) is 4.68 Å². The van der Waals surface area contributed by atoms with Crippen LogP contribution in [0.15, 0.2) is 76.1 Å². The molecule has 0 saturated carbocycles. The van der Waals surface area contributed by atoms with Crippen LogP contribution in [-0.2, 0) is 6.54 Å². The third-order valence-corrected chi connectivity index (χ3v) is 4.79. The van der Waals surface area contributed by atoms with Gasteiger partial charge in [0.25, 0.3) is 0 Å². The molecule has 0 aliphatic carbocycles. The first-order valence-electron chi connectivity index (χ1n) is 8.05. The Hall–Kier alpha value is -2.46. The standard InChI is InChI=1S/C20H21N3S/c1-16(19-11-7-4-8-12-19)13-22-23-17(2)15-24-20(23)21-14-18-9-5-3-6-10-18/h3-13,15-16H,14H2,1-2H3. The minimum absolute atomic E-state index is 0.264. The van der Waals surface area contributed by atoms with Gasteiger partial charge < -0.3 is 0 Å². The Morgan fingerprint density at radius 2 is 1.71 bits per heavy atom. The predicted octanol–water partition coefficient (Wildman–Crippen LogP) is 4.60. The Kier molecular flexibility index (Phi) is 5.39. The Bertz CT molecular complexity index is 861. The number of aryl methyl sites for hydroxylation is 1. The van der Waals surface area contributed by atoms with Gasteiger partial charge in [-0.3, -0.25) is 4.99 Å². The van der Waals surface area contributed by atoms with Gasteiger partial charge in [0.2, 0.25) is 4.80 Å². The lowest BCUT2D eigenvalue weighted by Gasteiger charge is -2.05. The average molecular weight is 335 g/mol. The summed E-state index contributed by atoms with van der Waals surface area (Å²) in [6.45, 7) is 4.88. The molecule has 0 aliphatic heterocycles. The van der Waals surface area contributed by atoms with Gasteiger partial charge in [0.15, 0.2) is 0 Å². The molecule has 0 spiro atoms. The molecule has 0 bridgehead atoms. The van der Waals surface area contributed by atoms with Crippen molar-refractivity contribution in [3.63, 3.8) is 0 Å². The van der Waals surface area contributed by atoms with Crippen LogP contribution in [0.25, 0.3) is 0 Å². The molecule has 0 fully saturated rings. The summed E-state index contributed by atoms with van der Waals surface area (Å²) in [7, 11) is 0. The molecule has 122 valence electrons. The number of aromatic nitrogens is 1. The Morgan fingerprint density at radius 1 is 1.04 bits per heavy atom. The van der Waals surface area contributed by atoms with Crippen molar-refractivity contribution in [3.8, 4) is 0 Å². The fraction of sp³-hybridized carbons (Fsp3) is 0.200. The summed E-state index contributed by atoms with van der Waals surface area (Å²) >= 11 is 1.63. The van der Waals surface area contributed by atoms with Crippen molar-refractivity contribution in [3.05, 3.63) is 87.7 Å². The molecule has 3 aromatic rings. The van der Waals surface area contributed by atoms with Gasteiger partial charge in [-0.15, -0.1) is 11.3 Å². The van der Waals surface area contributed by atoms with Crippen molar-refractivity contribution < 1.29 is 0 Å². The zero-order valence-electron chi connectivity index (χ0n) is 14.0. The lowest BCUT2D eigenvalue weighted by atomic mass is 10.0. The SMILES string of the molecule is Cc1csc(=NCc2ccccc2)n1N=CC(C)c1ccccc1. The monoisotopic (exact) mass is 335 g/mol. The van der Waals surface area contributed by atoms with E-state index >= 15 is 0 Å². The number of nitrogens with zero attached hydrogens (tertiary/aromatic N) is 3. The second-order valence-corrected chi connectivity index (χ2v) is 6.57. The molecule has 3 rings (SSSR count). The zero-order valence-corrected chi connectivity index (χ0v) is 14.8. The van der Waals surface area contributed by atoms with E-state index in [1.54, 1.807) is 11.3 Å². The maximum atomic E-state index is 4.72. The van der Waals surface area contributed by atoms with Gasteiger partial charge in [-0.2, -0.15) is 5.10 Å². The van der Waals surface area contributed by atoms with E-state index in [1.165, 1.54) is 11.1 Å². The molecule has 1 aromatic heterocycles. The van der Waals surface area contributed by atoms with Crippen LogP contribution in [0, 0.1) is 6.92 Å². The first-order valence-corrected chi connectivity index (χ1v) is 8.93. The number of rotatable bonds is 5. The number of hydrogen-bond acceptors (Lipinski definition) is 3. The second-order valence-electron chi connectivity index (χ2n) is 5.74. The average Bonchev–Trinajstić information content (AvgIpc) is 2.99. The summed E-state index contributed by atoms with van der Waals surface area (Å²) in [6.07, 6.45) is 1.98. The number of hydrogen-bond donors (Lipinski definition) is 0. The van der Waals surface area contributed by atoms with E-state index < -0.39 is 0 Å². The molecule has 0 N–H and O–H groups in total. The van der Waals surface area contributed by atoms with Crippen LogP contribution in [0.5, 0.6) is 0 Å². The summed E-state index contributed by atoms with van der Waals surface area (Å²) in [5.74, 6) is 0.264. The quantitative estimate of drug-likeness (QED) is 0.610. The number of benzene rings is 2. The molecule has 24 heavy (non-hydrogen) atoms. The molecule has 0 amide bonds. The van der Waals surface area contributed by atoms with Gasteiger partial charge in [0.1, 0.15) is 0 Å². The highest BCUT2D eigenvalue weighted by molar-refractivity contribution is 7.07. The van der Waals surface area contributed by atoms with Gasteiger partial charge in [0, 0.05) is 17.5 Å². The Labute approximate surface area is 146 Å². The lowest BCUT2D eigenvalue weighted by Crippen LogP contribution is -2.13. The number of thiazole rings is 1. The van der Waals surface area contributed by atoms with Gasteiger partial charge in [-0.25, -0.2) is 4.68 Å². The van der Waals surface area contributed by atoms with Crippen LogP contribution in [0.2, 0.25) is 0 Å². The van der Waals surface area contributed by atoms with Crippen LogP contribution in [0.3, 0.4) is 0 Å². The van der Waals surface area contributed by atoms with Crippen molar-refractivity contribution in [2.45, 2.75) is 26.3 Å². The summed E-state index contributed by atoms with van der Waals surface area (Å²) in [4.78, 5) is 5.64. The first kappa shape index (κ1) is 16.4. The fourth-order valence-electron chi connectivity index (χ4n) is 2.39. The second kappa shape index (κ2) is 7.88. The maximum absolute atomic E-state index is 4.72. The Morgan fingerprint density at radius 3 is 2.42 bits per heavy atom. The maximum Gasteiger partial charge on any atom is 0.206 e. The van der Waals surface area contributed by atoms with E-state index in [0.717, 1.165) is 10.5 Å². The van der Waals surface area contributed by atoms with Gasteiger partial charge in [0.05, 0.1) is 12.2 Å². The highest BCUT2D eigenvalue weighted by Gasteiger charge is 2.03. The zero-order chi connectivity index (χ0) is 16.8.